The second-order valence-electron chi connectivity index (χ2n) is 4.41. The molecule has 2 rings (SSSR count). The Morgan fingerprint density at radius 1 is 1.06 bits per heavy atom. The molecule has 0 aliphatic heterocycles. The van der Waals surface area contributed by atoms with E-state index in [9.17, 15) is 9.90 Å². The maximum Gasteiger partial charge on any atom is 0.249 e. The number of benzene rings is 2. The van der Waals surface area contributed by atoms with E-state index in [1.165, 1.54) is 0 Å². The highest BCUT2D eigenvalue weighted by Gasteiger charge is 2.12. The zero-order chi connectivity index (χ0) is 13.3. The summed E-state index contributed by atoms with van der Waals surface area (Å²) < 4.78 is 0. The molecule has 0 aliphatic carbocycles. The summed E-state index contributed by atoms with van der Waals surface area (Å²) in [6, 6.07) is 10.6. The molecule has 3 N–H and O–H groups in total. The van der Waals surface area contributed by atoms with Gasteiger partial charge in [-0.15, -0.1) is 0 Å². The Kier molecular flexibility index (Phi) is 3.06. The van der Waals surface area contributed by atoms with Crippen molar-refractivity contribution >= 4 is 5.91 Å². The molecule has 1 amide bonds. The van der Waals surface area contributed by atoms with Crippen LogP contribution in [0.1, 0.15) is 21.5 Å². The summed E-state index contributed by atoms with van der Waals surface area (Å²) in [5.74, 6) is -0.234. The van der Waals surface area contributed by atoms with E-state index >= 15 is 0 Å². The molecule has 0 unspecified atom stereocenters. The van der Waals surface area contributed by atoms with Crippen molar-refractivity contribution in [1.29, 1.82) is 0 Å². The second-order valence-corrected chi connectivity index (χ2v) is 4.41. The molecule has 0 aromatic heterocycles. The van der Waals surface area contributed by atoms with Crippen molar-refractivity contribution in [2.75, 3.05) is 0 Å². The summed E-state index contributed by atoms with van der Waals surface area (Å²) in [4.78, 5) is 11.5. The van der Waals surface area contributed by atoms with Crippen LogP contribution in [-0.2, 0) is 0 Å². The van der Waals surface area contributed by atoms with E-state index in [2.05, 4.69) is 0 Å². The highest BCUT2D eigenvalue weighted by molar-refractivity contribution is 6.00. The molecule has 0 spiro atoms. The molecule has 3 nitrogen and oxygen atoms in total. The third-order valence-electron chi connectivity index (χ3n) is 2.94. The number of rotatable bonds is 2. The number of carbonyl (C=O) groups excluding carboxylic acids is 1. The maximum absolute atomic E-state index is 11.5. The van der Waals surface area contributed by atoms with Gasteiger partial charge in [-0.3, -0.25) is 4.79 Å². The summed E-state index contributed by atoms with van der Waals surface area (Å²) in [5.41, 5.74) is 9.57. The monoisotopic (exact) mass is 241 g/mol. The van der Waals surface area contributed by atoms with Crippen molar-refractivity contribution in [3.63, 3.8) is 0 Å². The van der Waals surface area contributed by atoms with Crippen molar-refractivity contribution in [3.05, 3.63) is 53.1 Å². The molecule has 0 bridgehead atoms. The lowest BCUT2D eigenvalue weighted by Crippen LogP contribution is -2.12. The molecule has 0 heterocycles. The third kappa shape index (κ3) is 2.20. The predicted octanol–water partition coefficient (Wildman–Crippen LogP) is 2.77. The number of phenolic OH excluding ortho intramolecular Hbond substituents is 1. The first-order valence-corrected chi connectivity index (χ1v) is 5.69. The average Bonchev–Trinajstić information content (AvgIpc) is 2.28. The van der Waals surface area contributed by atoms with Gasteiger partial charge in [-0.2, -0.15) is 0 Å². The Morgan fingerprint density at radius 3 is 2.39 bits per heavy atom. The number of amides is 1. The van der Waals surface area contributed by atoms with Crippen LogP contribution in [0, 0.1) is 13.8 Å². The van der Waals surface area contributed by atoms with E-state index in [-0.39, 0.29) is 5.75 Å². The number of nitrogens with two attached hydrogens (primary N) is 1. The minimum Gasteiger partial charge on any atom is -0.508 e. The molecule has 18 heavy (non-hydrogen) atoms. The molecule has 0 radical (unpaired) electrons. The first-order valence-electron chi connectivity index (χ1n) is 5.69. The number of hydrogen-bond acceptors (Lipinski definition) is 2. The number of primary amides is 1. The van der Waals surface area contributed by atoms with Crippen LogP contribution in [0.4, 0.5) is 0 Å². The van der Waals surface area contributed by atoms with Crippen LogP contribution in [-0.4, -0.2) is 11.0 Å². The quantitative estimate of drug-likeness (QED) is 0.849. The van der Waals surface area contributed by atoms with Crippen LogP contribution < -0.4 is 5.73 Å². The zero-order valence-corrected chi connectivity index (χ0v) is 10.4. The first kappa shape index (κ1) is 12.2. The Bertz CT molecular complexity index is 618. The van der Waals surface area contributed by atoms with E-state index in [4.69, 9.17) is 5.73 Å². The van der Waals surface area contributed by atoms with Gasteiger partial charge in [-0.25, -0.2) is 0 Å². The molecule has 2 aromatic carbocycles. The summed E-state index contributed by atoms with van der Waals surface area (Å²) in [6.07, 6.45) is 0. The number of aromatic hydroxyl groups is 1. The smallest absolute Gasteiger partial charge is 0.249 e. The SMILES string of the molecule is Cc1ccc(C(N)=O)c(-c2ccc(O)cc2C)c1. The number of carbonyl (C=O) groups is 1. The molecular formula is C15H15NO2. The van der Waals surface area contributed by atoms with Crippen LogP contribution in [0.25, 0.3) is 11.1 Å². The van der Waals surface area contributed by atoms with Crippen LogP contribution >= 0.6 is 0 Å². The molecule has 0 fully saturated rings. The standard InChI is InChI=1S/C15H15NO2/c1-9-3-5-13(15(16)18)14(7-9)12-6-4-11(17)8-10(12)2/h3-8,17H,1-2H3,(H2,16,18). The molecular weight excluding hydrogens is 226 g/mol. The lowest BCUT2D eigenvalue weighted by molar-refractivity contribution is 0.100. The van der Waals surface area contributed by atoms with Gasteiger partial charge in [0, 0.05) is 5.56 Å². The zero-order valence-electron chi connectivity index (χ0n) is 10.4. The minimum absolute atomic E-state index is 0.213. The molecule has 0 aliphatic rings. The van der Waals surface area contributed by atoms with E-state index in [0.29, 0.717) is 5.56 Å². The average molecular weight is 241 g/mol. The molecule has 2 aromatic rings. The maximum atomic E-state index is 11.5. The van der Waals surface area contributed by atoms with Gasteiger partial charge in [-0.1, -0.05) is 23.8 Å². The summed E-state index contributed by atoms with van der Waals surface area (Å²) in [5, 5.41) is 9.43. The third-order valence-corrected chi connectivity index (χ3v) is 2.94. The fraction of sp³-hybridized carbons (Fsp3) is 0.133. The Balaban J connectivity index is 2.69. The van der Waals surface area contributed by atoms with Crippen molar-refractivity contribution < 1.29 is 9.90 Å². The minimum atomic E-state index is -0.447. The number of aryl methyl sites for hydroxylation is 2. The summed E-state index contributed by atoms with van der Waals surface area (Å²) in [6.45, 7) is 3.85. The lowest BCUT2D eigenvalue weighted by Gasteiger charge is -2.11. The molecule has 0 saturated carbocycles. The number of phenols is 1. The first-order chi connectivity index (χ1) is 8.49. The van der Waals surface area contributed by atoms with Gasteiger partial charge in [0.15, 0.2) is 0 Å². The Morgan fingerprint density at radius 2 is 1.78 bits per heavy atom. The fourth-order valence-electron chi connectivity index (χ4n) is 2.05. The Hall–Kier alpha value is -2.29. The normalized spacial score (nSPS) is 10.3. The van der Waals surface area contributed by atoms with Gasteiger partial charge in [0.2, 0.25) is 5.91 Å². The van der Waals surface area contributed by atoms with Crippen LogP contribution in [0.15, 0.2) is 36.4 Å². The highest BCUT2D eigenvalue weighted by atomic mass is 16.3. The van der Waals surface area contributed by atoms with Gasteiger partial charge >= 0.3 is 0 Å². The molecule has 92 valence electrons. The van der Waals surface area contributed by atoms with Crippen LogP contribution in [0.5, 0.6) is 5.75 Å². The van der Waals surface area contributed by atoms with E-state index in [1.54, 1.807) is 24.3 Å². The van der Waals surface area contributed by atoms with Crippen molar-refractivity contribution in [3.8, 4) is 16.9 Å². The fourth-order valence-corrected chi connectivity index (χ4v) is 2.05. The van der Waals surface area contributed by atoms with Gasteiger partial charge < -0.3 is 10.8 Å². The van der Waals surface area contributed by atoms with Crippen LogP contribution in [0.2, 0.25) is 0 Å². The van der Waals surface area contributed by atoms with Gasteiger partial charge in [0.25, 0.3) is 0 Å². The summed E-state index contributed by atoms with van der Waals surface area (Å²) in [7, 11) is 0. The predicted molar refractivity (Wildman–Crippen MR) is 71.5 cm³/mol. The van der Waals surface area contributed by atoms with E-state index < -0.39 is 5.91 Å². The van der Waals surface area contributed by atoms with Gasteiger partial charge in [0.1, 0.15) is 5.75 Å². The highest BCUT2D eigenvalue weighted by Crippen LogP contribution is 2.29. The molecule has 0 atom stereocenters. The van der Waals surface area contributed by atoms with Crippen molar-refractivity contribution in [1.82, 2.24) is 0 Å². The van der Waals surface area contributed by atoms with Gasteiger partial charge in [-0.05, 0) is 48.7 Å². The van der Waals surface area contributed by atoms with E-state index in [1.807, 2.05) is 26.0 Å². The van der Waals surface area contributed by atoms with Crippen molar-refractivity contribution in [2.24, 2.45) is 5.73 Å². The molecule has 0 saturated heterocycles. The number of hydrogen-bond donors (Lipinski definition) is 2. The van der Waals surface area contributed by atoms with Crippen LogP contribution in [0.3, 0.4) is 0 Å². The lowest BCUT2D eigenvalue weighted by atomic mass is 9.94. The summed E-state index contributed by atoms with van der Waals surface area (Å²) >= 11 is 0. The van der Waals surface area contributed by atoms with Gasteiger partial charge in [0.05, 0.1) is 0 Å². The molecule has 3 heteroatoms. The Labute approximate surface area is 106 Å². The largest absolute Gasteiger partial charge is 0.508 e. The second kappa shape index (κ2) is 4.53. The van der Waals surface area contributed by atoms with Crippen molar-refractivity contribution in [2.45, 2.75) is 13.8 Å². The topological polar surface area (TPSA) is 63.3 Å². The van der Waals surface area contributed by atoms with E-state index in [0.717, 1.165) is 22.3 Å².